The summed E-state index contributed by atoms with van der Waals surface area (Å²) in [5, 5.41) is 0. The molecule has 0 amide bonds. The van der Waals surface area contributed by atoms with Crippen molar-refractivity contribution in [2.45, 2.75) is 26.7 Å². The van der Waals surface area contributed by atoms with Crippen molar-refractivity contribution < 1.29 is 4.74 Å². The van der Waals surface area contributed by atoms with Crippen LogP contribution >= 0.6 is 0 Å². The van der Waals surface area contributed by atoms with Crippen molar-refractivity contribution in [1.29, 1.82) is 0 Å². The monoisotopic (exact) mass is 250 g/mol. The number of rotatable bonds is 8. The van der Waals surface area contributed by atoms with Gasteiger partial charge in [-0.1, -0.05) is 12.1 Å². The van der Waals surface area contributed by atoms with Gasteiger partial charge in [0, 0.05) is 6.54 Å². The van der Waals surface area contributed by atoms with Crippen LogP contribution in [0.4, 0.5) is 0 Å². The van der Waals surface area contributed by atoms with Crippen molar-refractivity contribution in [3.05, 3.63) is 29.3 Å². The van der Waals surface area contributed by atoms with E-state index in [1.54, 1.807) is 0 Å². The average Bonchev–Trinajstić information content (AvgIpc) is 2.37. The maximum Gasteiger partial charge on any atom is 0.122 e. The lowest BCUT2D eigenvalue weighted by atomic mass is 10.1. The number of nitrogens with two attached hydrogens (primary N) is 1. The van der Waals surface area contributed by atoms with Crippen LogP contribution in [0.5, 0.6) is 5.75 Å². The number of hydrogen-bond acceptors (Lipinski definition) is 3. The van der Waals surface area contributed by atoms with Gasteiger partial charge in [-0.05, 0) is 64.0 Å². The van der Waals surface area contributed by atoms with Gasteiger partial charge in [0.05, 0.1) is 6.61 Å². The molecule has 0 fully saturated rings. The Morgan fingerprint density at radius 2 is 2.06 bits per heavy atom. The zero-order chi connectivity index (χ0) is 13.4. The molecule has 102 valence electrons. The molecule has 0 unspecified atom stereocenters. The second-order valence-corrected chi connectivity index (χ2v) is 4.73. The van der Waals surface area contributed by atoms with Crippen molar-refractivity contribution >= 4 is 0 Å². The highest BCUT2D eigenvalue weighted by atomic mass is 16.5. The second-order valence-electron chi connectivity index (χ2n) is 4.73. The van der Waals surface area contributed by atoms with Crippen molar-refractivity contribution in [2.75, 3.05) is 33.3 Å². The van der Waals surface area contributed by atoms with E-state index in [2.05, 4.69) is 37.1 Å². The molecule has 0 aliphatic carbocycles. The summed E-state index contributed by atoms with van der Waals surface area (Å²) < 4.78 is 5.55. The second kappa shape index (κ2) is 8.11. The molecule has 1 aromatic carbocycles. The Hall–Kier alpha value is -1.06. The Labute approximate surface area is 111 Å². The molecule has 18 heavy (non-hydrogen) atoms. The maximum absolute atomic E-state index is 5.55. The Kier molecular flexibility index (Phi) is 6.76. The summed E-state index contributed by atoms with van der Waals surface area (Å²) in [6, 6.07) is 6.46. The lowest BCUT2D eigenvalue weighted by molar-refractivity contribution is 0.333. The Morgan fingerprint density at radius 3 is 2.67 bits per heavy atom. The van der Waals surface area contributed by atoms with Crippen LogP contribution in [0.1, 0.15) is 24.5 Å². The highest BCUT2D eigenvalue weighted by Crippen LogP contribution is 2.19. The summed E-state index contributed by atoms with van der Waals surface area (Å²) >= 11 is 0. The topological polar surface area (TPSA) is 38.5 Å². The van der Waals surface area contributed by atoms with Gasteiger partial charge in [0.25, 0.3) is 0 Å². The Bertz CT molecular complexity index is 352. The molecule has 1 rings (SSSR count). The van der Waals surface area contributed by atoms with Crippen LogP contribution in [0.15, 0.2) is 18.2 Å². The highest BCUT2D eigenvalue weighted by Gasteiger charge is 2.02. The largest absolute Gasteiger partial charge is 0.494 e. The van der Waals surface area contributed by atoms with Crippen molar-refractivity contribution in [3.8, 4) is 5.75 Å². The van der Waals surface area contributed by atoms with Gasteiger partial charge in [0.1, 0.15) is 5.75 Å². The first-order valence-electron chi connectivity index (χ1n) is 6.78. The molecule has 2 N–H and O–H groups in total. The molecular weight excluding hydrogens is 224 g/mol. The van der Waals surface area contributed by atoms with E-state index in [4.69, 9.17) is 10.5 Å². The molecule has 3 nitrogen and oxygen atoms in total. The van der Waals surface area contributed by atoms with E-state index in [1.807, 2.05) is 6.92 Å². The van der Waals surface area contributed by atoms with Crippen LogP contribution in [-0.4, -0.2) is 38.2 Å². The number of benzene rings is 1. The molecule has 0 aliphatic rings. The van der Waals surface area contributed by atoms with Crippen LogP contribution in [0.3, 0.4) is 0 Å². The van der Waals surface area contributed by atoms with E-state index in [0.717, 1.165) is 44.8 Å². The van der Waals surface area contributed by atoms with Gasteiger partial charge in [-0.15, -0.1) is 0 Å². The van der Waals surface area contributed by atoms with Gasteiger partial charge in [-0.25, -0.2) is 0 Å². The molecule has 0 atom stereocenters. The van der Waals surface area contributed by atoms with Gasteiger partial charge in [0.15, 0.2) is 0 Å². The summed E-state index contributed by atoms with van der Waals surface area (Å²) in [7, 11) is 2.15. The van der Waals surface area contributed by atoms with E-state index in [1.165, 1.54) is 11.1 Å². The minimum Gasteiger partial charge on any atom is -0.494 e. The van der Waals surface area contributed by atoms with Crippen molar-refractivity contribution in [2.24, 2.45) is 5.73 Å². The molecule has 1 aromatic rings. The fourth-order valence-corrected chi connectivity index (χ4v) is 1.98. The predicted octanol–water partition coefficient (Wildman–Crippen LogP) is 2.22. The SMILES string of the molecule is CCOc1ccc(CCN(C)CCCN)cc1C. The summed E-state index contributed by atoms with van der Waals surface area (Å²) in [4.78, 5) is 2.33. The third kappa shape index (κ3) is 5.07. The molecule has 0 radical (unpaired) electrons. The smallest absolute Gasteiger partial charge is 0.122 e. The number of nitrogens with zero attached hydrogens (tertiary/aromatic N) is 1. The van der Waals surface area contributed by atoms with E-state index >= 15 is 0 Å². The van der Waals surface area contributed by atoms with Crippen LogP contribution in [0.2, 0.25) is 0 Å². The van der Waals surface area contributed by atoms with Gasteiger partial charge < -0.3 is 15.4 Å². The standard InChI is InChI=1S/C15H26N2O/c1-4-18-15-7-6-14(12-13(15)2)8-11-17(3)10-5-9-16/h6-7,12H,4-5,8-11,16H2,1-3H3. The first kappa shape index (κ1) is 15.0. The summed E-state index contributed by atoms with van der Waals surface area (Å²) in [5.41, 5.74) is 8.10. The molecule has 0 aliphatic heterocycles. The van der Waals surface area contributed by atoms with Gasteiger partial charge in [0.2, 0.25) is 0 Å². The zero-order valence-electron chi connectivity index (χ0n) is 11.9. The number of ether oxygens (including phenoxy) is 1. The number of hydrogen-bond donors (Lipinski definition) is 1. The minimum absolute atomic E-state index is 0.724. The number of likely N-dealkylation sites (N-methyl/N-ethyl adjacent to an activating group) is 1. The average molecular weight is 250 g/mol. The highest BCUT2D eigenvalue weighted by molar-refractivity contribution is 5.36. The first-order valence-corrected chi connectivity index (χ1v) is 6.78. The summed E-state index contributed by atoms with van der Waals surface area (Å²) in [6.07, 6.45) is 2.15. The molecule has 3 heteroatoms. The van der Waals surface area contributed by atoms with E-state index in [-0.39, 0.29) is 0 Å². The quantitative estimate of drug-likeness (QED) is 0.769. The zero-order valence-corrected chi connectivity index (χ0v) is 11.9. The van der Waals surface area contributed by atoms with Crippen LogP contribution in [-0.2, 0) is 6.42 Å². The normalized spacial score (nSPS) is 10.9. The third-order valence-corrected chi connectivity index (χ3v) is 3.07. The molecule has 0 heterocycles. The van der Waals surface area contributed by atoms with Gasteiger partial charge in [-0.3, -0.25) is 0 Å². The summed E-state index contributed by atoms with van der Waals surface area (Å²) in [6.45, 7) is 7.76. The fraction of sp³-hybridized carbons (Fsp3) is 0.600. The number of aryl methyl sites for hydroxylation is 1. The van der Waals surface area contributed by atoms with E-state index in [0.29, 0.717) is 0 Å². The van der Waals surface area contributed by atoms with Gasteiger partial charge in [-0.2, -0.15) is 0 Å². The lowest BCUT2D eigenvalue weighted by Gasteiger charge is -2.16. The first-order chi connectivity index (χ1) is 8.67. The lowest BCUT2D eigenvalue weighted by Crippen LogP contribution is -2.24. The molecular formula is C15H26N2O. The third-order valence-electron chi connectivity index (χ3n) is 3.07. The van der Waals surface area contributed by atoms with Gasteiger partial charge >= 0.3 is 0 Å². The predicted molar refractivity (Wildman–Crippen MR) is 77.2 cm³/mol. The maximum atomic E-state index is 5.55. The van der Waals surface area contributed by atoms with Crippen molar-refractivity contribution in [1.82, 2.24) is 4.90 Å². The minimum atomic E-state index is 0.724. The van der Waals surface area contributed by atoms with Crippen LogP contribution < -0.4 is 10.5 Å². The van der Waals surface area contributed by atoms with Crippen LogP contribution in [0.25, 0.3) is 0 Å². The van der Waals surface area contributed by atoms with E-state index < -0.39 is 0 Å². The summed E-state index contributed by atoms with van der Waals surface area (Å²) in [5.74, 6) is 0.998. The molecule has 0 aromatic heterocycles. The Balaban J connectivity index is 2.45. The molecule has 0 spiro atoms. The Morgan fingerprint density at radius 1 is 1.28 bits per heavy atom. The van der Waals surface area contributed by atoms with Crippen molar-refractivity contribution in [3.63, 3.8) is 0 Å². The van der Waals surface area contributed by atoms with E-state index in [9.17, 15) is 0 Å². The molecule has 0 saturated heterocycles. The molecule has 0 saturated carbocycles. The van der Waals surface area contributed by atoms with Crippen LogP contribution in [0, 0.1) is 6.92 Å². The molecule has 0 bridgehead atoms. The fourth-order valence-electron chi connectivity index (χ4n) is 1.98.